The summed E-state index contributed by atoms with van der Waals surface area (Å²) in [6.07, 6.45) is 8.99. The molecule has 2 aliphatic rings. The number of hydrogen-bond donors (Lipinski definition) is 0. The van der Waals surface area contributed by atoms with Gasteiger partial charge in [-0.05, 0) is 37.8 Å². The van der Waals surface area contributed by atoms with Gasteiger partial charge in [-0.1, -0.05) is 12.1 Å². The fourth-order valence-corrected chi connectivity index (χ4v) is 5.61. The van der Waals surface area contributed by atoms with Crippen molar-refractivity contribution in [3.63, 3.8) is 0 Å². The molecule has 4 amide bonds. The highest BCUT2D eigenvalue weighted by Gasteiger charge is 2.38. The Morgan fingerprint density at radius 3 is 1.31 bits per heavy atom. The summed E-state index contributed by atoms with van der Waals surface area (Å²) < 4.78 is 1.71. The van der Waals surface area contributed by atoms with Crippen LogP contribution in [0.1, 0.15) is 80.2 Å². The van der Waals surface area contributed by atoms with Crippen molar-refractivity contribution in [1.29, 1.82) is 0 Å². The molecule has 2 aliphatic heterocycles. The Morgan fingerprint density at radius 2 is 0.905 bits per heavy atom. The molecule has 0 saturated heterocycles. The van der Waals surface area contributed by atoms with E-state index >= 15 is 0 Å². The summed E-state index contributed by atoms with van der Waals surface area (Å²) >= 11 is 0. The van der Waals surface area contributed by atoms with Crippen LogP contribution in [0.3, 0.4) is 0 Å². The second-order valence-corrected chi connectivity index (χ2v) is 12.2. The molecule has 230 valence electrons. The van der Waals surface area contributed by atoms with E-state index in [2.05, 4.69) is 38.2 Å². The lowest BCUT2D eigenvalue weighted by Crippen LogP contribution is -3.00. The molecule has 0 fully saturated rings. The SMILES string of the molecule is C[N+](C)(CCCCCC[N+](C)(C)CCCN1C(=O)c2nccnc2C1=O)CCCN1C(=O)c2ccccc2C1=O.[Br-].[Br-]. The Kier molecular flexibility index (Phi) is 13.0. The summed E-state index contributed by atoms with van der Waals surface area (Å²) in [6.45, 7) is 4.75. The third-order valence-electron chi connectivity index (χ3n) is 8.04. The minimum Gasteiger partial charge on any atom is -1.00 e. The van der Waals surface area contributed by atoms with Crippen molar-refractivity contribution in [2.45, 2.75) is 38.5 Å². The first-order valence-electron chi connectivity index (χ1n) is 14.3. The maximum Gasteiger partial charge on any atom is 0.281 e. The maximum atomic E-state index is 12.6. The van der Waals surface area contributed by atoms with E-state index in [1.807, 2.05) is 0 Å². The molecule has 4 rings (SSSR count). The number of hydrogen-bond acceptors (Lipinski definition) is 6. The summed E-state index contributed by atoms with van der Waals surface area (Å²) in [5.41, 5.74) is 1.35. The van der Waals surface area contributed by atoms with E-state index < -0.39 is 0 Å². The van der Waals surface area contributed by atoms with Crippen LogP contribution < -0.4 is 34.0 Å². The lowest BCUT2D eigenvalue weighted by Gasteiger charge is -2.31. The molecule has 42 heavy (non-hydrogen) atoms. The highest BCUT2D eigenvalue weighted by molar-refractivity contribution is 6.21. The average Bonchev–Trinajstić information content (AvgIpc) is 3.31. The Labute approximate surface area is 269 Å². The van der Waals surface area contributed by atoms with Crippen molar-refractivity contribution in [3.05, 3.63) is 59.2 Å². The van der Waals surface area contributed by atoms with Crippen molar-refractivity contribution in [2.24, 2.45) is 0 Å². The molecule has 2 aromatic rings. The normalized spacial score (nSPS) is 14.6. The van der Waals surface area contributed by atoms with E-state index in [9.17, 15) is 19.2 Å². The van der Waals surface area contributed by atoms with Crippen LogP contribution in [0.25, 0.3) is 0 Å². The second-order valence-electron chi connectivity index (χ2n) is 12.2. The number of aromatic nitrogens is 2. The van der Waals surface area contributed by atoms with Gasteiger partial charge in [0.2, 0.25) is 0 Å². The molecule has 12 heteroatoms. The summed E-state index contributed by atoms with van der Waals surface area (Å²) in [5, 5.41) is 0. The van der Waals surface area contributed by atoms with Crippen LogP contribution in [-0.2, 0) is 0 Å². The van der Waals surface area contributed by atoms with Crippen LogP contribution in [0.15, 0.2) is 36.7 Å². The van der Waals surface area contributed by atoms with Crippen LogP contribution in [0, 0.1) is 0 Å². The number of rotatable bonds is 15. The first-order chi connectivity index (χ1) is 19.0. The number of unbranched alkanes of at least 4 members (excludes halogenated alkanes) is 3. The van der Waals surface area contributed by atoms with Gasteiger partial charge in [0.25, 0.3) is 23.6 Å². The molecule has 0 N–H and O–H groups in total. The molecule has 0 unspecified atom stereocenters. The lowest BCUT2D eigenvalue weighted by atomic mass is 10.1. The molecule has 3 heterocycles. The zero-order valence-electron chi connectivity index (χ0n) is 25.0. The van der Waals surface area contributed by atoms with Crippen molar-refractivity contribution in [1.82, 2.24) is 19.8 Å². The highest BCUT2D eigenvalue weighted by Crippen LogP contribution is 2.23. The van der Waals surface area contributed by atoms with Crippen molar-refractivity contribution in [3.8, 4) is 0 Å². The Hall–Kier alpha value is -2.54. The molecule has 1 aromatic carbocycles. The summed E-state index contributed by atoms with van der Waals surface area (Å²) in [7, 11) is 8.81. The Morgan fingerprint density at radius 1 is 0.548 bits per heavy atom. The molecular weight excluding hydrogens is 668 g/mol. The van der Waals surface area contributed by atoms with Gasteiger partial charge < -0.3 is 42.9 Å². The quantitative estimate of drug-likeness (QED) is 0.110. The number of carbonyl (C=O) groups is 4. The van der Waals surface area contributed by atoms with Gasteiger partial charge in [-0.25, -0.2) is 9.97 Å². The van der Waals surface area contributed by atoms with Gasteiger partial charge in [0.1, 0.15) is 0 Å². The Bertz CT molecular complexity index is 1120. The first-order valence-corrected chi connectivity index (χ1v) is 14.3. The van der Waals surface area contributed by atoms with Gasteiger partial charge in [0.05, 0.1) is 65.5 Å². The van der Waals surface area contributed by atoms with E-state index in [-0.39, 0.29) is 69.0 Å². The van der Waals surface area contributed by atoms with E-state index in [0.29, 0.717) is 24.2 Å². The predicted octanol–water partition coefficient (Wildman–Crippen LogP) is -3.13. The molecule has 10 nitrogen and oxygen atoms in total. The monoisotopic (exact) mass is 708 g/mol. The van der Waals surface area contributed by atoms with Gasteiger partial charge in [-0.3, -0.25) is 29.0 Å². The number of nitrogens with zero attached hydrogens (tertiary/aromatic N) is 6. The average molecular weight is 711 g/mol. The molecular formula is C30H42Br2N6O4. The smallest absolute Gasteiger partial charge is 0.281 e. The molecule has 0 saturated carbocycles. The zero-order chi connectivity index (χ0) is 28.9. The van der Waals surface area contributed by atoms with Crippen LogP contribution in [0.5, 0.6) is 0 Å². The fraction of sp³-hybridized carbons (Fsp3) is 0.533. The minimum absolute atomic E-state index is 0. The van der Waals surface area contributed by atoms with Crippen molar-refractivity contribution >= 4 is 23.6 Å². The molecule has 0 atom stereocenters. The molecule has 1 aromatic heterocycles. The number of carbonyl (C=O) groups excluding carboxylic acids is 4. The van der Waals surface area contributed by atoms with E-state index in [4.69, 9.17) is 0 Å². The zero-order valence-corrected chi connectivity index (χ0v) is 28.2. The van der Waals surface area contributed by atoms with Gasteiger partial charge in [0.15, 0.2) is 11.4 Å². The summed E-state index contributed by atoms with van der Waals surface area (Å²) in [5.74, 6) is -1.04. The van der Waals surface area contributed by atoms with Gasteiger partial charge in [0, 0.05) is 38.3 Å². The van der Waals surface area contributed by atoms with Gasteiger partial charge in [-0.15, -0.1) is 0 Å². The number of benzene rings is 1. The fourth-order valence-electron chi connectivity index (χ4n) is 5.61. The number of imide groups is 2. The van der Waals surface area contributed by atoms with Crippen LogP contribution in [0.4, 0.5) is 0 Å². The van der Waals surface area contributed by atoms with Crippen molar-refractivity contribution < 1.29 is 62.1 Å². The lowest BCUT2D eigenvalue weighted by molar-refractivity contribution is -0.891. The van der Waals surface area contributed by atoms with E-state index in [1.54, 1.807) is 24.3 Å². The number of halogens is 2. The standard InChI is InChI=1S/C30H42N6O4.2BrH/c1-35(2,21-11-17-33-27(37)23-13-7-8-14-24(23)28(33)38)19-9-5-6-10-20-36(3,4)22-12-18-34-29(39)25-26(30(34)40)32-16-15-31-25;;/h7-8,13-16H,5-6,9-12,17-22H2,1-4H3;2*1H/q+2;;/p-2. The molecule has 0 spiro atoms. The first kappa shape index (κ1) is 35.7. The van der Waals surface area contributed by atoms with Crippen LogP contribution in [0.2, 0.25) is 0 Å². The Balaban J connectivity index is 0.00000308. The number of quaternary nitrogens is 2. The molecule has 0 radical (unpaired) electrons. The van der Waals surface area contributed by atoms with Gasteiger partial charge in [-0.2, -0.15) is 0 Å². The number of amides is 4. The van der Waals surface area contributed by atoms with Crippen LogP contribution >= 0.6 is 0 Å². The second kappa shape index (κ2) is 15.3. The number of fused-ring (bicyclic) bond motifs is 2. The summed E-state index contributed by atoms with van der Waals surface area (Å²) in [6, 6.07) is 7.04. The minimum atomic E-state index is -0.344. The highest BCUT2D eigenvalue weighted by atomic mass is 79.9. The largest absolute Gasteiger partial charge is 1.00 e. The molecule has 0 bridgehead atoms. The third-order valence-corrected chi connectivity index (χ3v) is 8.04. The summed E-state index contributed by atoms with van der Waals surface area (Å²) in [4.78, 5) is 60.7. The van der Waals surface area contributed by atoms with E-state index in [1.165, 1.54) is 22.2 Å². The van der Waals surface area contributed by atoms with E-state index in [0.717, 1.165) is 73.7 Å². The maximum absolute atomic E-state index is 12.6. The van der Waals surface area contributed by atoms with Crippen LogP contribution in [-0.4, -0.2) is 120 Å². The van der Waals surface area contributed by atoms with Crippen molar-refractivity contribution in [2.75, 3.05) is 67.5 Å². The molecule has 0 aliphatic carbocycles. The predicted molar refractivity (Wildman–Crippen MR) is 151 cm³/mol. The van der Waals surface area contributed by atoms with Gasteiger partial charge >= 0.3 is 0 Å². The topological polar surface area (TPSA) is 101 Å². The third kappa shape index (κ3) is 8.52.